The molecule has 1 rings (SSSR count). The summed E-state index contributed by atoms with van der Waals surface area (Å²) in [5.41, 5.74) is 6.91. The number of benzene rings is 1. The summed E-state index contributed by atoms with van der Waals surface area (Å²) in [6.07, 6.45) is 3.56. The van der Waals surface area contributed by atoms with Crippen molar-refractivity contribution >= 4 is 12.0 Å². The summed E-state index contributed by atoms with van der Waals surface area (Å²) >= 11 is 0. The zero-order chi connectivity index (χ0) is 10.4. The molecule has 0 atom stereocenters. The zero-order valence-electron chi connectivity index (χ0n) is 7.81. The molecule has 74 valence electrons. The average molecular weight is 191 g/mol. The van der Waals surface area contributed by atoms with Crippen molar-refractivity contribution in [2.75, 3.05) is 6.61 Å². The summed E-state index contributed by atoms with van der Waals surface area (Å²) in [5.74, 6) is -0.469. The Morgan fingerprint density at radius 1 is 1.43 bits per heavy atom. The van der Waals surface area contributed by atoms with Crippen LogP contribution in [-0.2, 0) is 11.2 Å². The highest BCUT2D eigenvalue weighted by molar-refractivity contribution is 5.90. The Hall–Kier alpha value is -1.61. The van der Waals surface area contributed by atoms with Gasteiger partial charge in [-0.1, -0.05) is 24.3 Å². The summed E-state index contributed by atoms with van der Waals surface area (Å²) in [6.45, 7) is 0.0986. The normalized spacial score (nSPS) is 10.6. The number of aliphatic hydroxyl groups excluding tert-OH is 1. The molecule has 0 spiro atoms. The van der Waals surface area contributed by atoms with E-state index in [2.05, 4.69) is 0 Å². The second kappa shape index (κ2) is 5.19. The van der Waals surface area contributed by atoms with Crippen molar-refractivity contribution in [3.8, 4) is 0 Å². The van der Waals surface area contributed by atoms with Gasteiger partial charge in [-0.15, -0.1) is 0 Å². The van der Waals surface area contributed by atoms with E-state index in [1.54, 1.807) is 6.08 Å². The highest BCUT2D eigenvalue weighted by Gasteiger charge is 1.97. The first-order valence-corrected chi connectivity index (χ1v) is 4.40. The molecular weight excluding hydrogens is 178 g/mol. The predicted octanol–water partition coefficient (Wildman–Crippen LogP) is 0.720. The Bertz CT molecular complexity index is 345. The molecule has 0 unspecified atom stereocenters. The molecule has 0 aromatic heterocycles. The molecule has 1 aromatic carbocycles. The van der Waals surface area contributed by atoms with Crippen molar-refractivity contribution in [3.63, 3.8) is 0 Å². The van der Waals surface area contributed by atoms with Crippen LogP contribution in [-0.4, -0.2) is 17.6 Å². The maximum atomic E-state index is 10.5. The SMILES string of the molecule is NC(=O)C=Cc1ccccc1CCO. The van der Waals surface area contributed by atoms with Crippen LogP contribution in [0.5, 0.6) is 0 Å². The predicted molar refractivity (Wildman–Crippen MR) is 55.5 cm³/mol. The lowest BCUT2D eigenvalue weighted by Gasteiger charge is -2.02. The van der Waals surface area contributed by atoms with E-state index in [0.717, 1.165) is 11.1 Å². The van der Waals surface area contributed by atoms with E-state index in [1.165, 1.54) is 6.08 Å². The molecule has 1 aromatic rings. The smallest absolute Gasteiger partial charge is 0.241 e. The third kappa shape index (κ3) is 3.03. The van der Waals surface area contributed by atoms with Crippen molar-refractivity contribution in [3.05, 3.63) is 41.5 Å². The number of hydrogen-bond acceptors (Lipinski definition) is 2. The van der Waals surface area contributed by atoms with Crippen LogP contribution in [0.4, 0.5) is 0 Å². The van der Waals surface area contributed by atoms with Gasteiger partial charge in [0.25, 0.3) is 0 Å². The van der Waals surface area contributed by atoms with Crippen molar-refractivity contribution in [1.82, 2.24) is 0 Å². The number of carbonyl (C=O) groups excluding carboxylic acids is 1. The van der Waals surface area contributed by atoms with Gasteiger partial charge in [0.1, 0.15) is 0 Å². The van der Waals surface area contributed by atoms with E-state index in [0.29, 0.717) is 6.42 Å². The third-order valence-electron chi connectivity index (χ3n) is 1.86. The molecule has 0 fully saturated rings. The molecule has 0 aliphatic heterocycles. The minimum atomic E-state index is -0.469. The van der Waals surface area contributed by atoms with Crippen LogP contribution < -0.4 is 5.73 Å². The van der Waals surface area contributed by atoms with Crippen LogP contribution in [0.3, 0.4) is 0 Å². The number of carbonyl (C=O) groups is 1. The molecule has 3 N–H and O–H groups in total. The maximum Gasteiger partial charge on any atom is 0.241 e. The van der Waals surface area contributed by atoms with Crippen molar-refractivity contribution in [2.45, 2.75) is 6.42 Å². The fraction of sp³-hybridized carbons (Fsp3) is 0.182. The number of primary amides is 1. The van der Waals surface area contributed by atoms with Gasteiger partial charge in [-0.3, -0.25) is 4.79 Å². The van der Waals surface area contributed by atoms with Crippen LogP contribution in [0.15, 0.2) is 30.3 Å². The number of rotatable bonds is 4. The fourth-order valence-electron chi connectivity index (χ4n) is 1.22. The van der Waals surface area contributed by atoms with E-state index < -0.39 is 5.91 Å². The van der Waals surface area contributed by atoms with Crippen molar-refractivity contribution in [1.29, 1.82) is 0 Å². The highest BCUT2D eigenvalue weighted by Crippen LogP contribution is 2.10. The standard InChI is InChI=1S/C11H13NO2/c12-11(14)6-5-9-3-1-2-4-10(9)7-8-13/h1-6,13H,7-8H2,(H2,12,14). The van der Waals surface area contributed by atoms with Gasteiger partial charge in [-0.05, 0) is 23.6 Å². The number of nitrogens with two attached hydrogens (primary N) is 1. The summed E-state index contributed by atoms with van der Waals surface area (Å²) in [6, 6.07) is 7.56. The van der Waals surface area contributed by atoms with Crippen LogP contribution in [0, 0.1) is 0 Å². The largest absolute Gasteiger partial charge is 0.396 e. The van der Waals surface area contributed by atoms with Gasteiger partial charge in [-0.2, -0.15) is 0 Å². The van der Waals surface area contributed by atoms with Gasteiger partial charge in [0.05, 0.1) is 0 Å². The summed E-state index contributed by atoms with van der Waals surface area (Å²) in [5, 5.41) is 8.81. The van der Waals surface area contributed by atoms with E-state index >= 15 is 0 Å². The molecular formula is C11H13NO2. The zero-order valence-corrected chi connectivity index (χ0v) is 7.81. The van der Waals surface area contributed by atoms with Gasteiger partial charge in [0, 0.05) is 12.7 Å². The number of hydrogen-bond donors (Lipinski definition) is 2. The van der Waals surface area contributed by atoms with Gasteiger partial charge in [0.2, 0.25) is 5.91 Å². The van der Waals surface area contributed by atoms with Gasteiger partial charge in [-0.25, -0.2) is 0 Å². The molecule has 0 saturated carbocycles. The van der Waals surface area contributed by atoms with Crippen molar-refractivity contribution < 1.29 is 9.90 Å². The van der Waals surface area contributed by atoms with Gasteiger partial charge < -0.3 is 10.8 Å². The first-order chi connectivity index (χ1) is 6.74. The van der Waals surface area contributed by atoms with Gasteiger partial charge >= 0.3 is 0 Å². The first-order valence-electron chi connectivity index (χ1n) is 4.40. The van der Waals surface area contributed by atoms with Crippen LogP contribution >= 0.6 is 0 Å². The topological polar surface area (TPSA) is 63.3 Å². The Morgan fingerprint density at radius 2 is 2.14 bits per heavy atom. The molecule has 1 amide bonds. The summed E-state index contributed by atoms with van der Waals surface area (Å²) in [7, 11) is 0. The Kier molecular flexibility index (Phi) is 3.88. The lowest BCUT2D eigenvalue weighted by atomic mass is 10.0. The van der Waals surface area contributed by atoms with Crippen LogP contribution in [0.25, 0.3) is 6.08 Å². The Labute approximate surface area is 82.9 Å². The molecule has 3 nitrogen and oxygen atoms in total. The number of aliphatic hydroxyl groups is 1. The molecule has 0 saturated heterocycles. The molecule has 0 aliphatic rings. The Balaban J connectivity index is 2.89. The van der Waals surface area contributed by atoms with E-state index in [-0.39, 0.29) is 6.61 Å². The molecule has 3 heteroatoms. The average Bonchev–Trinajstić information content (AvgIpc) is 2.17. The lowest BCUT2D eigenvalue weighted by molar-refractivity contribution is -0.113. The molecule has 0 radical (unpaired) electrons. The fourth-order valence-corrected chi connectivity index (χ4v) is 1.22. The quantitative estimate of drug-likeness (QED) is 0.689. The second-order valence-corrected chi connectivity index (χ2v) is 2.91. The first kappa shape index (κ1) is 10.5. The van der Waals surface area contributed by atoms with E-state index in [1.807, 2.05) is 24.3 Å². The van der Waals surface area contributed by atoms with Crippen LogP contribution in [0.2, 0.25) is 0 Å². The Morgan fingerprint density at radius 3 is 2.79 bits per heavy atom. The molecule has 0 bridgehead atoms. The van der Waals surface area contributed by atoms with Crippen molar-refractivity contribution in [2.24, 2.45) is 5.73 Å². The number of amides is 1. The van der Waals surface area contributed by atoms with E-state index in [4.69, 9.17) is 10.8 Å². The minimum Gasteiger partial charge on any atom is -0.396 e. The molecule has 0 heterocycles. The monoisotopic (exact) mass is 191 g/mol. The minimum absolute atomic E-state index is 0.0986. The highest BCUT2D eigenvalue weighted by atomic mass is 16.2. The van der Waals surface area contributed by atoms with Gasteiger partial charge in [0.15, 0.2) is 0 Å². The second-order valence-electron chi connectivity index (χ2n) is 2.91. The molecule has 14 heavy (non-hydrogen) atoms. The third-order valence-corrected chi connectivity index (χ3v) is 1.86. The van der Waals surface area contributed by atoms with E-state index in [9.17, 15) is 4.79 Å². The van der Waals surface area contributed by atoms with Crippen LogP contribution in [0.1, 0.15) is 11.1 Å². The maximum absolute atomic E-state index is 10.5. The summed E-state index contributed by atoms with van der Waals surface area (Å²) < 4.78 is 0. The lowest BCUT2D eigenvalue weighted by Crippen LogP contribution is -2.05. The molecule has 0 aliphatic carbocycles. The summed E-state index contributed by atoms with van der Waals surface area (Å²) in [4.78, 5) is 10.5.